The molecule has 6 nitrogen and oxygen atoms in total. The maximum absolute atomic E-state index is 11.9. The maximum Gasteiger partial charge on any atom is 0.168 e. The Bertz CT molecular complexity index is 487. The topological polar surface area (TPSA) is 118 Å². The average molecular weight is 298 g/mol. The van der Waals surface area contributed by atoms with Gasteiger partial charge in [0.2, 0.25) is 0 Å². The van der Waals surface area contributed by atoms with Gasteiger partial charge in [0, 0.05) is 6.42 Å². The van der Waals surface area contributed by atoms with Crippen molar-refractivity contribution < 1.29 is 30.3 Å². The minimum Gasteiger partial charge on any atom is -0.394 e. The van der Waals surface area contributed by atoms with E-state index in [-0.39, 0.29) is 6.42 Å². The van der Waals surface area contributed by atoms with E-state index in [9.17, 15) is 25.2 Å². The van der Waals surface area contributed by atoms with Crippen LogP contribution < -0.4 is 0 Å². The molecule has 0 heterocycles. The highest BCUT2D eigenvalue weighted by Crippen LogP contribution is 2.13. The van der Waals surface area contributed by atoms with E-state index in [0.29, 0.717) is 5.56 Å². The summed E-state index contributed by atoms with van der Waals surface area (Å²) in [6.45, 7) is 3.05. The molecule has 0 aliphatic heterocycles. The molecule has 1 rings (SSSR count). The third-order valence-corrected chi connectivity index (χ3v) is 3.53. The predicted molar refractivity (Wildman–Crippen MR) is 75.7 cm³/mol. The SMILES string of the molecule is Cc1ccc(CC(=O)[C@H](O)[C@@H](O)[C@H](O)[C@H](O)CO)cc1C. The van der Waals surface area contributed by atoms with E-state index in [4.69, 9.17) is 5.11 Å². The Morgan fingerprint density at radius 2 is 1.67 bits per heavy atom. The molecule has 0 bridgehead atoms. The van der Waals surface area contributed by atoms with E-state index in [1.807, 2.05) is 26.0 Å². The molecule has 1 aromatic carbocycles. The van der Waals surface area contributed by atoms with Crippen LogP contribution in [0.1, 0.15) is 16.7 Å². The maximum atomic E-state index is 11.9. The standard InChI is InChI=1S/C15H22O6/c1-8-3-4-10(5-9(8)2)6-11(17)13(19)15(21)14(20)12(18)7-16/h3-5,12-16,18-21H,6-7H2,1-2H3/t12-,13+,14-,15-/m1/s1. The second-order valence-corrected chi connectivity index (χ2v) is 5.24. The van der Waals surface area contributed by atoms with E-state index in [1.54, 1.807) is 6.07 Å². The van der Waals surface area contributed by atoms with Crippen molar-refractivity contribution in [2.45, 2.75) is 44.7 Å². The number of hydrogen-bond donors (Lipinski definition) is 5. The lowest BCUT2D eigenvalue weighted by atomic mass is 9.95. The van der Waals surface area contributed by atoms with Crippen molar-refractivity contribution in [3.63, 3.8) is 0 Å². The zero-order valence-electron chi connectivity index (χ0n) is 12.1. The molecule has 6 heteroatoms. The number of aliphatic hydroxyl groups excluding tert-OH is 5. The summed E-state index contributed by atoms with van der Waals surface area (Å²) >= 11 is 0. The number of Topliss-reactive ketones (excluding diaryl/α,β-unsaturated/α-hetero) is 1. The molecule has 0 spiro atoms. The summed E-state index contributed by atoms with van der Waals surface area (Å²) in [6, 6.07) is 5.41. The lowest BCUT2D eigenvalue weighted by molar-refractivity contribution is -0.146. The smallest absolute Gasteiger partial charge is 0.168 e. The first-order chi connectivity index (χ1) is 9.77. The van der Waals surface area contributed by atoms with Crippen molar-refractivity contribution in [2.75, 3.05) is 6.61 Å². The van der Waals surface area contributed by atoms with Crippen molar-refractivity contribution in [1.82, 2.24) is 0 Å². The van der Waals surface area contributed by atoms with Crippen LogP contribution in [0.5, 0.6) is 0 Å². The molecule has 0 fully saturated rings. The summed E-state index contributed by atoms with van der Waals surface area (Å²) in [6.07, 6.45) is -7.20. The van der Waals surface area contributed by atoms with E-state index in [1.165, 1.54) is 0 Å². The molecular weight excluding hydrogens is 276 g/mol. The van der Waals surface area contributed by atoms with Crippen molar-refractivity contribution in [3.8, 4) is 0 Å². The summed E-state index contributed by atoms with van der Waals surface area (Å²) in [7, 11) is 0. The summed E-state index contributed by atoms with van der Waals surface area (Å²) in [5.41, 5.74) is 2.77. The largest absolute Gasteiger partial charge is 0.394 e. The number of carbonyl (C=O) groups is 1. The first-order valence-electron chi connectivity index (χ1n) is 6.70. The molecule has 0 saturated carbocycles. The van der Waals surface area contributed by atoms with Crippen LogP contribution in [0.4, 0.5) is 0 Å². The van der Waals surface area contributed by atoms with Gasteiger partial charge in [-0.25, -0.2) is 0 Å². The van der Waals surface area contributed by atoms with Crippen molar-refractivity contribution >= 4 is 5.78 Å². The van der Waals surface area contributed by atoms with Crippen LogP contribution in [0.3, 0.4) is 0 Å². The van der Waals surface area contributed by atoms with Gasteiger partial charge in [-0.2, -0.15) is 0 Å². The van der Waals surface area contributed by atoms with Gasteiger partial charge in [-0.1, -0.05) is 18.2 Å². The highest BCUT2D eigenvalue weighted by atomic mass is 16.4. The molecule has 0 saturated heterocycles. The van der Waals surface area contributed by atoms with Gasteiger partial charge in [-0.15, -0.1) is 0 Å². The molecule has 0 radical (unpaired) electrons. The first kappa shape index (κ1) is 17.7. The molecule has 0 aliphatic carbocycles. The number of carbonyl (C=O) groups excluding carboxylic acids is 1. The van der Waals surface area contributed by atoms with E-state index < -0.39 is 36.8 Å². The average Bonchev–Trinajstić information content (AvgIpc) is 2.47. The van der Waals surface area contributed by atoms with Gasteiger partial charge >= 0.3 is 0 Å². The molecule has 0 unspecified atom stereocenters. The van der Waals surface area contributed by atoms with Gasteiger partial charge in [0.25, 0.3) is 0 Å². The molecule has 4 atom stereocenters. The summed E-state index contributed by atoms with van der Waals surface area (Å²) in [5, 5.41) is 46.7. The quantitative estimate of drug-likeness (QED) is 0.434. The Hall–Kier alpha value is -1.31. The van der Waals surface area contributed by atoms with Crippen LogP contribution in [0.15, 0.2) is 18.2 Å². The fourth-order valence-corrected chi connectivity index (χ4v) is 1.93. The van der Waals surface area contributed by atoms with E-state index >= 15 is 0 Å². The predicted octanol–water partition coefficient (Wildman–Crippen LogP) is -1.15. The molecule has 21 heavy (non-hydrogen) atoms. The summed E-state index contributed by atoms with van der Waals surface area (Å²) < 4.78 is 0. The molecular formula is C15H22O6. The molecule has 0 aliphatic rings. The Labute approximate surface area is 123 Å². The lowest BCUT2D eigenvalue weighted by Gasteiger charge is -2.24. The second-order valence-electron chi connectivity index (χ2n) is 5.24. The fourth-order valence-electron chi connectivity index (χ4n) is 1.93. The lowest BCUT2D eigenvalue weighted by Crippen LogP contribution is -2.49. The van der Waals surface area contributed by atoms with Crippen molar-refractivity contribution in [1.29, 1.82) is 0 Å². The van der Waals surface area contributed by atoms with Gasteiger partial charge in [0.15, 0.2) is 5.78 Å². The number of ketones is 1. The van der Waals surface area contributed by atoms with E-state index in [2.05, 4.69) is 0 Å². The number of hydrogen-bond acceptors (Lipinski definition) is 6. The zero-order chi connectivity index (χ0) is 16.2. The molecule has 5 N–H and O–H groups in total. The zero-order valence-corrected chi connectivity index (χ0v) is 12.1. The van der Waals surface area contributed by atoms with Crippen LogP contribution in [-0.4, -0.2) is 62.3 Å². The van der Waals surface area contributed by atoms with Gasteiger partial charge in [-0.3, -0.25) is 4.79 Å². The monoisotopic (exact) mass is 298 g/mol. The summed E-state index contributed by atoms with van der Waals surface area (Å²) in [5.74, 6) is -0.671. The van der Waals surface area contributed by atoms with Crippen LogP contribution in [-0.2, 0) is 11.2 Å². The fraction of sp³-hybridized carbons (Fsp3) is 0.533. The molecule has 1 aromatic rings. The van der Waals surface area contributed by atoms with Crippen LogP contribution in [0.2, 0.25) is 0 Å². The van der Waals surface area contributed by atoms with Gasteiger partial charge in [-0.05, 0) is 30.5 Å². The van der Waals surface area contributed by atoms with Crippen molar-refractivity contribution in [3.05, 3.63) is 34.9 Å². The minimum absolute atomic E-state index is 0.0959. The normalized spacial score (nSPS) is 17.1. The minimum atomic E-state index is -1.86. The Kier molecular flexibility index (Phi) is 6.44. The Morgan fingerprint density at radius 3 is 2.19 bits per heavy atom. The second kappa shape index (κ2) is 7.63. The molecule has 0 amide bonds. The Balaban J connectivity index is 2.71. The first-order valence-corrected chi connectivity index (χ1v) is 6.70. The number of aliphatic hydroxyl groups is 5. The molecule has 0 aromatic heterocycles. The molecule has 118 valence electrons. The Morgan fingerprint density at radius 1 is 1.05 bits per heavy atom. The van der Waals surface area contributed by atoms with Crippen LogP contribution in [0, 0.1) is 13.8 Å². The third kappa shape index (κ3) is 4.59. The van der Waals surface area contributed by atoms with Gasteiger partial charge < -0.3 is 25.5 Å². The van der Waals surface area contributed by atoms with Gasteiger partial charge in [0.1, 0.15) is 24.4 Å². The summed E-state index contributed by atoms with van der Waals surface area (Å²) in [4.78, 5) is 11.9. The third-order valence-electron chi connectivity index (χ3n) is 3.53. The highest BCUT2D eigenvalue weighted by Gasteiger charge is 2.33. The number of aryl methyl sites for hydroxylation is 2. The van der Waals surface area contributed by atoms with Crippen LogP contribution >= 0.6 is 0 Å². The highest BCUT2D eigenvalue weighted by molar-refractivity contribution is 5.85. The number of rotatable bonds is 7. The van der Waals surface area contributed by atoms with Crippen molar-refractivity contribution in [2.24, 2.45) is 0 Å². The van der Waals surface area contributed by atoms with Crippen LogP contribution in [0.25, 0.3) is 0 Å². The van der Waals surface area contributed by atoms with E-state index in [0.717, 1.165) is 11.1 Å². The van der Waals surface area contributed by atoms with Gasteiger partial charge in [0.05, 0.1) is 6.61 Å². The number of benzene rings is 1.